The fraction of sp³-hybridized carbons (Fsp3) is 0.273. The topological polar surface area (TPSA) is 51.2 Å². The van der Waals surface area contributed by atoms with Gasteiger partial charge in [0, 0.05) is 5.69 Å². The van der Waals surface area contributed by atoms with E-state index in [4.69, 9.17) is 4.74 Å². The van der Waals surface area contributed by atoms with Gasteiger partial charge in [-0.1, -0.05) is 0 Å². The highest BCUT2D eigenvalue weighted by molar-refractivity contribution is 5.97. The van der Waals surface area contributed by atoms with E-state index < -0.39 is 0 Å². The average Bonchev–Trinajstić information content (AvgIpc) is 2.44. The first kappa shape index (κ1) is 11.2. The summed E-state index contributed by atoms with van der Waals surface area (Å²) in [6, 6.07) is 1.73. The maximum Gasteiger partial charge on any atom is 0.255 e. The minimum absolute atomic E-state index is 0.0852. The van der Waals surface area contributed by atoms with Gasteiger partial charge in [0.15, 0.2) is 0 Å². The maximum absolute atomic E-state index is 11.4. The first-order valence-electron chi connectivity index (χ1n) is 4.65. The van der Waals surface area contributed by atoms with Crippen molar-refractivity contribution < 1.29 is 9.53 Å². The molecule has 1 aliphatic heterocycles. The van der Waals surface area contributed by atoms with Crippen molar-refractivity contribution in [2.75, 3.05) is 13.2 Å². The largest absolute Gasteiger partial charge is 0.489 e. The molecule has 0 aromatic carbocycles. The van der Waals surface area contributed by atoms with Crippen LogP contribution in [0.2, 0.25) is 0 Å². The molecule has 80 valence electrons. The lowest BCUT2D eigenvalue weighted by atomic mass is 10.2. The van der Waals surface area contributed by atoms with E-state index in [0.29, 0.717) is 24.5 Å². The fourth-order valence-electron chi connectivity index (χ4n) is 1.26. The zero-order valence-corrected chi connectivity index (χ0v) is 8.75. The van der Waals surface area contributed by atoms with Crippen LogP contribution < -0.4 is 10.1 Å². The minimum Gasteiger partial charge on any atom is -0.489 e. The van der Waals surface area contributed by atoms with Crippen molar-refractivity contribution in [3.63, 3.8) is 0 Å². The Kier molecular flexibility index (Phi) is 3.85. The minimum atomic E-state index is -0.0852. The van der Waals surface area contributed by atoms with E-state index in [-0.39, 0.29) is 5.91 Å². The zero-order chi connectivity index (χ0) is 11.3. The summed E-state index contributed by atoms with van der Waals surface area (Å²) in [4.78, 5) is 15.5. The maximum atomic E-state index is 11.4. The molecule has 2 rings (SSSR count). The molecule has 0 radical (unpaired) electrons. The number of amides is 1. The van der Waals surface area contributed by atoms with Gasteiger partial charge in [0.1, 0.15) is 12.4 Å². The molecule has 0 bridgehead atoms. The summed E-state index contributed by atoms with van der Waals surface area (Å²) >= 11 is 0. The SMILES string of the molecule is C=C.Cc1cc2c(cn1)OCCNC2=O. The molecule has 0 atom stereocenters. The summed E-state index contributed by atoms with van der Waals surface area (Å²) in [7, 11) is 0. The van der Waals surface area contributed by atoms with Crippen molar-refractivity contribution in [2.24, 2.45) is 0 Å². The van der Waals surface area contributed by atoms with Crippen LogP contribution >= 0.6 is 0 Å². The number of hydrogen-bond acceptors (Lipinski definition) is 3. The smallest absolute Gasteiger partial charge is 0.255 e. The van der Waals surface area contributed by atoms with Crippen molar-refractivity contribution in [1.82, 2.24) is 10.3 Å². The van der Waals surface area contributed by atoms with Crippen LogP contribution in [0.5, 0.6) is 5.75 Å². The Morgan fingerprint density at radius 1 is 1.53 bits per heavy atom. The van der Waals surface area contributed by atoms with E-state index in [0.717, 1.165) is 5.69 Å². The zero-order valence-electron chi connectivity index (χ0n) is 8.75. The average molecular weight is 206 g/mol. The molecule has 1 N–H and O–H groups in total. The van der Waals surface area contributed by atoms with Crippen molar-refractivity contribution in [2.45, 2.75) is 6.92 Å². The summed E-state index contributed by atoms with van der Waals surface area (Å²) in [5.41, 5.74) is 1.39. The molecule has 4 nitrogen and oxygen atoms in total. The van der Waals surface area contributed by atoms with E-state index in [1.165, 1.54) is 0 Å². The van der Waals surface area contributed by atoms with Gasteiger partial charge in [-0.15, -0.1) is 13.2 Å². The van der Waals surface area contributed by atoms with Crippen molar-refractivity contribution in [3.8, 4) is 5.75 Å². The van der Waals surface area contributed by atoms with Crippen LogP contribution in [-0.2, 0) is 0 Å². The molecular formula is C11H14N2O2. The molecular weight excluding hydrogens is 192 g/mol. The highest BCUT2D eigenvalue weighted by Gasteiger charge is 2.16. The molecule has 0 aliphatic carbocycles. The standard InChI is InChI=1S/C9H10N2O2.C2H4/c1-6-4-7-8(5-11-6)13-3-2-10-9(7)12;1-2/h4-5H,2-3H2,1H3,(H,10,12);1-2H2. The summed E-state index contributed by atoms with van der Waals surface area (Å²) < 4.78 is 5.33. The molecule has 0 saturated carbocycles. The second-order valence-electron chi connectivity index (χ2n) is 2.93. The number of aromatic nitrogens is 1. The Balaban J connectivity index is 0.000000531. The molecule has 2 heterocycles. The Labute approximate surface area is 89.0 Å². The monoisotopic (exact) mass is 206 g/mol. The third kappa shape index (κ3) is 2.56. The van der Waals surface area contributed by atoms with Crippen LogP contribution in [0.4, 0.5) is 0 Å². The van der Waals surface area contributed by atoms with E-state index in [1.807, 2.05) is 6.92 Å². The number of rotatable bonds is 0. The fourth-order valence-corrected chi connectivity index (χ4v) is 1.26. The number of ether oxygens (including phenoxy) is 1. The van der Waals surface area contributed by atoms with Gasteiger partial charge in [0.25, 0.3) is 5.91 Å². The molecule has 1 amide bonds. The van der Waals surface area contributed by atoms with E-state index in [9.17, 15) is 4.79 Å². The molecule has 4 heteroatoms. The van der Waals surface area contributed by atoms with Crippen LogP contribution in [0.1, 0.15) is 16.1 Å². The second-order valence-corrected chi connectivity index (χ2v) is 2.93. The van der Waals surface area contributed by atoms with Crippen LogP contribution in [0.3, 0.4) is 0 Å². The third-order valence-corrected chi connectivity index (χ3v) is 1.89. The van der Waals surface area contributed by atoms with Gasteiger partial charge in [-0.25, -0.2) is 0 Å². The number of carbonyl (C=O) groups is 1. The van der Waals surface area contributed by atoms with Gasteiger partial charge in [-0.05, 0) is 13.0 Å². The molecule has 0 spiro atoms. The quantitative estimate of drug-likeness (QED) is 0.651. The Hall–Kier alpha value is -1.84. The predicted octanol–water partition coefficient (Wildman–Crippen LogP) is 1.31. The number of fused-ring (bicyclic) bond motifs is 1. The summed E-state index contributed by atoms with van der Waals surface area (Å²) in [6.45, 7) is 8.90. The Morgan fingerprint density at radius 3 is 3.00 bits per heavy atom. The number of carbonyl (C=O) groups excluding carboxylic acids is 1. The summed E-state index contributed by atoms with van der Waals surface area (Å²) in [6.07, 6.45) is 1.59. The van der Waals surface area contributed by atoms with E-state index in [1.54, 1.807) is 12.3 Å². The van der Waals surface area contributed by atoms with Crippen molar-refractivity contribution in [1.29, 1.82) is 0 Å². The molecule has 0 saturated heterocycles. The van der Waals surface area contributed by atoms with Crippen LogP contribution in [0.15, 0.2) is 25.4 Å². The lowest BCUT2D eigenvalue weighted by Crippen LogP contribution is -2.24. The predicted molar refractivity (Wildman–Crippen MR) is 58.1 cm³/mol. The lowest BCUT2D eigenvalue weighted by molar-refractivity contribution is 0.0957. The first-order valence-corrected chi connectivity index (χ1v) is 4.65. The summed E-state index contributed by atoms with van der Waals surface area (Å²) in [5, 5.41) is 2.74. The highest BCUT2D eigenvalue weighted by atomic mass is 16.5. The Bertz CT molecular complexity index is 364. The van der Waals surface area contributed by atoms with Gasteiger partial charge in [-0.2, -0.15) is 0 Å². The molecule has 15 heavy (non-hydrogen) atoms. The van der Waals surface area contributed by atoms with Crippen LogP contribution in [0, 0.1) is 6.92 Å². The molecule has 1 aromatic heterocycles. The summed E-state index contributed by atoms with van der Waals surface area (Å²) in [5.74, 6) is 0.485. The van der Waals surface area contributed by atoms with Gasteiger partial charge >= 0.3 is 0 Å². The van der Waals surface area contributed by atoms with Gasteiger partial charge in [0.2, 0.25) is 0 Å². The van der Waals surface area contributed by atoms with Gasteiger partial charge < -0.3 is 10.1 Å². The molecule has 1 aliphatic rings. The second kappa shape index (κ2) is 5.14. The number of nitrogens with one attached hydrogen (secondary N) is 1. The highest BCUT2D eigenvalue weighted by Crippen LogP contribution is 2.19. The van der Waals surface area contributed by atoms with E-state index in [2.05, 4.69) is 23.5 Å². The molecule has 0 unspecified atom stereocenters. The Morgan fingerprint density at radius 2 is 2.27 bits per heavy atom. The van der Waals surface area contributed by atoms with Gasteiger partial charge in [0.05, 0.1) is 18.3 Å². The van der Waals surface area contributed by atoms with Gasteiger partial charge in [-0.3, -0.25) is 9.78 Å². The van der Waals surface area contributed by atoms with Crippen molar-refractivity contribution >= 4 is 5.91 Å². The van der Waals surface area contributed by atoms with Crippen LogP contribution in [0.25, 0.3) is 0 Å². The van der Waals surface area contributed by atoms with Crippen LogP contribution in [-0.4, -0.2) is 24.0 Å². The first-order chi connectivity index (χ1) is 7.27. The number of pyridine rings is 1. The normalized spacial score (nSPS) is 13.5. The van der Waals surface area contributed by atoms with E-state index >= 15 is 0 Å². The number of hydrogen-bond donors (Lipinski definition) is 1. The molecule has 0 fully saturated rings. The number of nitrogens with zero attached hydrogens (tertiary/aromatic N) is 1. The van der Waals surface area contributed by atoms with Crippen molar-refractivity contribution in [3.05, 3.63) is 36.7 Å². The molecule has 1 aromatic rings. The lowest BCUT2D eigenvalue weighted by Gasteiger charge is -2.04. The third-order valence-electron chi connectivity index (χ3n) is 1.89. The number of aryl methyl sites for hydroxylation is 1.